The molecule has 0 heterocycles. The molecule has 0 spiro atoms. The van der Waals surface area contributed by atoms with Crippen LogP contribution in [0.2, 0.25) is 0 Å². The molecule has 1 aromatic carbocycles. The fraction of sp³-hybridized carbons (Fsp3) is 0.143. The Labute approximate surface area is 76.8 Å². The third-order valence-corrected chi connectivity index (χ3v) is 2.59. The number of hydrogen-bond donors (Lipinski definition) is 3. The van der Waals surface area contributed by atoms with E-state index in [0.717, 1.165) is 5.69 Å². The number of primary sulfonamides is 1. The van der Waals surface area contributed by atoms with Gasteiger partial charge in [-0.15, -0.1) is 0 Å². The summed E-state index contributed by atoms with van der Waals surface area (Å²) in [6.07, 6.45) is 0. The summed E-state index contributed by atoms with van der Waals surface area (Å²) in [7, 11) is -2.00. The zero-order chi connectivity index (χ0) is 10.1. The van der Waals surface area contributed by atoms with E-state index in [1.165, 1.54) is 12.1 Å². The highest BCUT2D eigenvalue weighted by atomic mass is 32.2. The minimum atomic E-state index is -3.71. The number of hydrogen-bond acceptors (Lipinski definition) is 4. The predicted octanol–water partition coefficient (Wildman–Crippen LogP) is -0.0421. The van der Waals surface area contributed by atoms with Gasteiger partial charge in [-0.3, -0.25) is 0 Å². The summed E-state index contributed by atoms with van der Waals surface area (Å²) >= 11 is 0. The molecule has 72 valence electrons. The van der Waals surface area contributed by atoms with Crippen LogP contribution in [0.15, 0.2) is 23.1 Å². The van der Waals surface area contributed by atoms with Crippen LogP contribution in [0.3, 0.4) is 0 Å². The van der Waals surface area contributed by atoms with Gasteiger partial charge >= 0.3 is 0 Å². The summed E-state index contributed by atoms with van der Waals surface area (Å²) in [6, 6.07) is 4.48. The Kier molecular flexibility index (Phi) is 2.44. The summed E-state index contributed by atoms with van der Waals surface area (Å²) in [5, 5.41) is 7.75. The lowest BCUT2D eigenvalue weighted by Gasteiger charge is -2.05. The third kappa shape index (κ3) is 2.10. The van der Waals surface area contributed by atoms with Gasteiger partial charge in [0.05, 0.1) is 5.69 Å². The minimum Gasteiger partial charge on any atom is -0.398 e. The molecular formula is C7H11N3O2S. The summed E-state index contributed by atoms with van der Waals surface area (Å²) < 4.78 is 21.9. The van der Waals surface area contributed by atoms with Gasteiger partial charge in [-0.05, 0) is 18.2 Å². The molecule has 0 saturated heterocycles. The quantitative estimate of drug-likeness (QED) is 0.584. The van der Waals surface area contributed by atoms with Gasteiger partial charge in [-0.25, -0.2) is 13.6 Å². The van der Waals surface area contributed by atoms with Crippen molar-refractivity contribution in [1.82, 2.24) is 0 Å². The van der Waals surface area contributed by atoms with E-state index >= 15 is 0 Å². The molecule has 0 unspecified atom stereocenters. The highest BCUT2D eigenvalue weighted by molar-refractivity contribution is 7.89. The molecular weight excluding hydrogens is 190 g/mol. The number of nitrogen functional groups attached to an aromatic ring is 1. The summed E-state index contributed by atoms with van der Waals surface area (Å²) in [5.74, 6) is 0. The van der Waals surface area contributed by atoms with Gasteiger partial charge in [0.25, 0.3) is 0 Å². The van der Waals surface area contributed by atoms with E-state index in [1.807, 2.05) is 0 Å². The highest BCUT2D eigenvalue weighted by Gasteiger charge is 2.11. The van der Waals surface area contributed by atoms with Gasteiger partial charge in [0.2, 0.25) is 10.0 Å². The van der Waals surface area contributed by atoms with Crippen molar-refractivity contribution < 1.29 is 8.42 Å². The molecule has 0 bridgehead atoms. The second-order valence-electron chi connectivity index (χ2n) is 2.55. The van der Waals surface area contributed by atoms with Gasteiger partial charge in [-0.1, -0.05) is 0 Å². The largest absolute Gasteiger partial charge is 0.398 e. The molecule has 0 aromatic heterocycles. The van der Waals surface area contributed by atoms with Crippen LogP contribution < -0.4 is 16.2 Å². The van der Waals surface area contributed by atoms with E-state index in [1.54, 1.807) is 13.1 Å². The number of nitrogens with one attached hydrogen (secondary N) is 1. The molecule has 0 aliphatic carbocycles. The number of benzene rings is 1. The predicted molar refractivity (Wildman–Crippen MR) is 51.8 cm³/mol. The lowest BCUT2D eigenvalue weighted by atomic mass is 10.3. The maximum atomic E-state index is 10.9. The monoisotopic (exact) mass is 201 g/mol. The molecule has 1 aromatic rings. The molecule has 0 amide bonds. The Morgan fingerprint density at radius 3 is 2.38 bits per heavy atom. The van der Waals surface area contributed by atoms with Crippen LogP contribution in [-0.4, -0.2) is 15.5 Å². The molecule has 6 heteroatoms. The summed E-state index contributed by atoms with van der Waals surface area (Å²) in [5.41, 5.74) is 6.37. The summed E-state index contributed by atoms with van der Waals surface area (Å²) in [4.78, 5) is -0.0495. The lowest BCUT2D eigenvalue weighted by Crippen LogP contribution is -2.14. The van der Waals surface area contributed by atoms with Crippen LogP contribution in [0.4, 0.5) is 11.4 Å². The Morgan fingerprint density at radius 2 is 2.00 bits per heavy atom. The van der Waals surface area contributed by atoms with Crippen LogP contribution >= 0.6 is 0 Å². The molecule has 0 aliphatic rings. The molecule has 5 nitrogen and oxygen atoms in total. The summed E-state index contributed by atoms with van der Waals surface area (Å²) in [6.45, 7) is 0. The van der Waals surface area contributed by atoms with Crippen LogP contribution in [0.25, 0.3) is 0 Å². The van der Waals surface area contributed by atoms with Gasteiger partial charge in [0.15, 0.2) is 0 Å². The van der Waals surface area contributed by atoms with Crippen molar-refractivity contribution in [2.45, 2.75) is 4.90 Å². The Morgan fingerprint density at radius 1 is 1.38 bits per heavy atom. The van der Waals surface area contributed by atoms with E-state index in [2.05, 4.69) is 5.32 Å². The van der Waals surface area contributed by atoms with Crippen molar-refractivity contribution in [2.24, 2.45) is 5.14 Å². The molecule has 13 heavy (non-hydrogen) atoms. The first kappa shape index (κ1) is 9.82. The number of nitrogens with two attached hydrogens (primary N) is 2. The Hall–Kier alpha value is -1.27. The minimum absolute atomic E-state index is 0.0495. The van der Waals surface area contributed by atoms with Crippen molar-refractivity contribution in [2.75, 3.05) is 18.1 Å². The standard InChI is InChI=1S/C7H11N3O2S/c1-10-5-2-3-7(6(8)4-5)13(9,11)12/h2-4,10H,8H2,1H3,(H2,9,11,12). The van der Waals surface area contributed by atoms with Crippen LogP contribution in [0.5, 0.6) is 0 Å². The maximum Gasteiger partial charge on any atom is 0.240 e. The average molecular weight is 201 g/mol. The first-order valence-electron chi connectivity index (χ1n) is 3.55. The van der Waals surface area contributed by atoms with Crippen molar-refractivity contribution in [3.63, 3.8) is 0 Å². The maximum absolute atomic E-state index is 10.9. The topological polar surface area (TPSA) is 98.2 Å². The van der Waals surface area contributed by atoms with Gasteiger partial charge in [-0.2, -0.15) is 0 Å². The molecule has 5 N–H and O–H groups in total. The Balaban J connectivity index is 3.29. The van der Waals surface area contributed by atoms with Crippen molar-refractivity contribution >= 4 is 21.4 Å². The van der Waals surface area contributed by atoms with E-state index in [0.29, 0.717) is 0 Å². The second-order valence-corrected chi connectivity index (χ2v) is 4.08. The van der Waals surface area contributed by atoms with Gasteiger partial charge < -0.3 is 11.1 Å². The number of sulfonamides is 1. The molecule has 0 radical (unpaired) electrons. The van der Waals surface area contributed by atoms with Gasteiger partial charge in [0, 0.05) is 12.7 Å². The number of anilines is 2. The smallest absolute Gasteiger partial charge is 0.240 e. The van der Waals surface area contributed by atoms with E-state index in [4.69, 9.17) is 10.9 Å². The fourth-order valence-electron chi connectivity index (χ4n) is 0.963. The zero-order valence-electron chi connectivity index (χ0n) is 7.11. The highest BCUT2D eigenvalue weighted by Crippen LogP contribution is 2.20. The van der Waals surface area contributed by atoms with Crippen molar-refractivity contribution in [3.8, 4) is 0 Å². The second kappa shape index (κ2) is 3.23. The van der Waals surface area contributed by atoms with E-state index in [-0.39, 0.29) is 10.6 Å². The van der Waals surface area contributed by atoms with Crippen molar-refractivity contribution in [1.29, 1.82) is 0 Å². The van der Waals surface area contributed by atoms with Gasteiger partial charge in [0.1, 0.15) is 4.90 Å². The zero-order valence-corrected chi connectivity index (χ0v) is 7.93. The normalized spacial score (nSPS) is 11.2. The third-order valence-electron chi connectivity index (χ3n) is 1.60. The van der Waals surface area contributed by atoms with Crippen LogP contribution in [0.1, 0.15) is 0 Å². The average Bonchev–Trinajstić information content (AvgIpc) is 2.01. The Bertz CT molecular complexity index is 414. The molecule has 0 atom stereocenters. The fourth-order valence-corrected chi connectivity index (χ4v) is 1.61. The first-order valence-corrected chi connectivity index (χ1v) is 5.10. The lowest BCUT2D eigenvalue weighted by molar-refractivity contribution is 0.598. The number of rotatable bonds is 2. The van der Waals surface area contributed by atoms with E-state index in [9.17, 15) is 8.42 Å². The first-order chi connectivity index (χ1) is 5.95. The van der Waals surface area contributed by atoms with Crippen molar-refractivity contribution in [3.05, 3.63) is 18.2 Å². The van der Waals surface area contributed by atoms with Crippen LogP contribution in [-0.2, 0) is 10.0 Å². The molecule has 0 fully saturated rings. The molecule has 1 rings (SSSR count). The van der Waals surface area contributed by atoms with E-state index < -0.39 is 10.0 Å². The molecule has 0 aliphatic heterocycles. The van der Waals surface area contributed by atoms with Crippen LogP contribution in [0, 0.1) is 0 Å². The molecule has 0 saturated carbocycles. The SMILES string of the molecule is CNc1ccc(S(N)(=O)=O)c(N)c1.